The number of hydrogen-bond donors (Lipinski definition) is 1. The van der Waals surface area contributed by atoms with Crippen LogP contribution in [0.2, 0.25) is 0 Å². The van der Waals surface area contributed by atoms with Crippen molar-refractivity contribution in [3.63, 3.8) is 0 Å². The van der Waals surface area contributed by atoms with Gasteiger partial charge in [0.05, 0.1) is 0 Å². The molecule has 5 nitrogen and oxygen atoms in total. The lowest BCUT2D eigenvalue weighted by Gasteiger charge is -2.20. The highest BCUT2D eigenvalue weighted by molar-refractivity contribution is 6.07. The number of aryl methyl sites for hydroxylation is 2. The fourth-order valence-electron chi connectivity index (χ4n) is 3.98. The van der Waals surface area contributed by atoms with Crippen LogP contribution in [0.15, 0.2) is 40.8 Å². The molecule has 0 saturated carbocycles. The summed E-state index contributed by atoms with van der Waals surface area (Å²) in [5.74, 6) is 0.0994. The zero-order chi connectivity index (χ0) is 19.3. The van der Waals surface area contributed by atoms with Gasteiger partial charge >= 0.3 is 0 Å². The normalized spacial score (nSPS) is 15.9. The van der Waals surface area contributed by atoms with E-state index in [4.69, 9.17) is 4.42 Å². The molecule has 2 heterocycles. The molecule has 0 saturated heterocycles. The SMILES string of the molecule is CC(=O)N1c2ccc(NC(=O)c3oc4c(C)cccc4c3C)cc2C[C@@H]1C. The average Bonchev–Trinajstić information content (AvgIpc) is 3.12. The molecule has 0 spiro atoms. The average molecular weight is 362 g/mol. The van der Waals surface area contributed by atoms with Crippen molar-refractivity contribution in [2.45, 2.75) is 40.2 Å². The molecule has 0 aliphatic carbocycles. The molecule has 27 heavy (non-hydrogen) atoms. The van der Waals surface area contributed by atoms with Gasteiger partial charge in [-0.1, -0.05) is 18.2 Å². The summed E-state index contributed by atoms with van der Waals surface area (Å²) in [6, 6.07) is 11.7. The van der Waals surface area contributed by atoms with Crippen LogP contribution in [0.3, 0.4) is 0 Å². The summed E-state index contributed by atoms with van der Waals surface area (Å²) in [5, 5.41) is 3.89. The number of carbonyl (C=O) groups excluding carboxylic acids is 2. The van der Waals surface area contributed by atoms with Gasteiger partial charge in [0, 0.05) is 35.3 Å². The third kappa shape index (κ3) is 2.79. The van der Waals surface area contributed by atoms with Gasteiger partial charge in [-0.3, -0.25) is 9.59 Å². The van der Waals surface area contributed by atoms with Crippen molar-refractivity contribution < 1.29 is 14.0 Å². The van der Waals surface area contributed by atoms with Crippen LogP contribution in [0.4, 0.5) is 11.4 Å². The van der Waals surface area contributed by atoms with E-state index < -0.39 is 0 Å². The van der Waals surface area contributed by atoms with Crippen LogP contribution in [-0.2, 0) is 11.2 Å². The Morgan fingerprint density at radius 2 is 1.96 bits per heavy atom. The van der Waals surface area contributed by atoms with Crippen LogP contribution in [0, 0.1) is 13.8 Å². The summed E-state index contributed by atoms with van der Waals surface area (Å²) in [7, 11) is 0. The molecule has 0 bridgehead atoms. The quantitative estimate of drug-likeness (QED) is 0.725. The predicted molar refractivity (Wildman–Crippen MR) is 106 cm³/mol. The summed E-state index contributed by atoms with van der Waals surface area (Å²) in [6.45, 7) is 7.47. The monoisotopic (exact) mass is 362 g/mol. The number of carbonyl (C=O) groups is 2. The summed E-state index contributed by atoms with van der Waals surface area (Å²) in [5.41, 5.74) is 5.28. The Morgan fingerprint density at radius 3 is 2.67 bits per heavy atom. The number of rotatable bonds is 2. The molecule has 138 valence electrons. The lowest BCUT2D eigenvalue weighted by molar-refractivity contribution is -0.116. The van der Waals surface area contributed by atoms with Crippen molar-refractivity contribution in [1.29, 1.82) is 0 Å². The highest BCUT2D eigenvalue weighted by Gasteiger charge is 2.29. The molecule has 1 aromatic heterocycles. The molecule has 1 aliphatic heterocycles. The zero-order valence-corrected chi connectivity index (χ0v) is 15.9. The predicted octanol–water partition coefficient (Wildman–Crippen LogP) is 4.60. The van der Waals surface area contributed by atoms with Gasteiger partial charge in [0.25, 0.3) is 5.91 Å². The van der Waals surface area contributed by atoms with Gasteiger partial charge in [-0.15, -0.1) is 0 Å². The molecule has 4 rings (SSSR count). The number of nitrogens with zero attached hydrogens (tertiary/aromatic N) is 1. The van der Waals surface area contributed by atoms with E-state index in [1.165, 1.54) is 0 Å². The maximum Gasteiger partial charge on any atom is 0.291 e. The Labute approximate surface area is 158 Å². The van der Waals surface area contributed by atoms with Crippen molar-refractivity contribution in [2.24, 2.45) is 0 Å². The van der Waals surface area contributed by atoms with Crippen molar-refractivity contribution in [1.82, 2.24) is 0 Å². The maximum atomic E-state index is 12.8. The zero-order valence-electron chi connectivity index (χ0n) is 15.9. The third-order valence-electron chi connectivity index (χ3n) is 5.26. The molecule has 1 N–H and O–H groups in total. The lowest BCUT2D eigenvalue weighted by Crippen LogP contribution is -2.33. The first-order valence-electron chi connectivity index (χ1n) is 9.09. The number of hydrogen-bond acceptors (Lipinski definition) is 3. The smallest absolute Gasteiger partial charge is 0.291 e. The van der Waals surface area contributed by atoms with Crippen LogP contribution in [0.5, 0.6) is 0 Å². The van der Waals surface area contributed by atoms with Gasteiger partial charge in [0.15, 0.2) is 5.76 Å². The number of amides is 2. The van der Waals surface area contributed by atoms with E-state index in [9.17, 15) is 9.59 Å². The molecule has 2 amide bonds. The number of fused-ring (bicyclic) bond motifs is 2. The number of anilines is 2. The first kappa shape index (κ1) is 17.3. The van der Waals surface area contributed by atoms with Crippen LogP contribution in [-0.4, -0.2) is 17.9 Å². The molecule has 0 fully saturated rings. The number of benzene rings is 2. The second-order valence-corrected chi connectivity index (χ2v) is 7.25. The van der Waals surface area contributed by atoms with Gasteiger partial charge in [-0.2, -0.15) is 0 Å². The van der Waals surface area contributed by atoms with Gasteiger partial charge in [-0.05, 0) is 56.5 Å². The first-order chi connectivity index (χ1) is 12.9. The van der Waals surface area contributed by atoms with E-state index in [0.29, 0.717) is 11.4 Å². The summed E-state index contributed by atoms with van der Waals surface area (Å²) >= 11 is 0. The van der Waals surface area contributed by atoms with Crippen LogP contribution in [0.25, 0.3) is 11.0 Å². The molecule has 5 heteroatoms. The summed E-state index contributed by atoms with van der Waals surface area (Å²) < 4.78 is 5.86. The topological polar surface area (TPSA) is 62.6 Å². The fourth-order valence-corrected chi connectivity index (χ4v) is 3.98. The van der Waals surface area contributed by atoms with Crippen LogP contribution < -0.4 is 10.2 Å². The molecular formula is C22H22N2O3. The highest BCUT2D eigenvalue weighted by atomic mass is 16.3. The molecule has 3 aromatic rings. The Balaban J connectivity index is 1.63. The van der Waals surface area contributed by atoms with Gasteiger partial charge < -0.3 is 14.6 Å². The molecule has 0 unspecified atom stereocenters. The van der Waals surface area contributed by atoms with Crippen molar-refractivity contribution in [3.05, 3.63) is 58.8 Å². The summed E-state index contributed by atoms with van der Waals surface area (Å²) in [4.78, 5) is 26.4. The number of nitrogens with one attached hydrogen (secondary N) is 1. The third-order valence-corrected chi connectivity index (χ3v) is 5.26. The van der Waals surface area contributed by atoms with E-state index in [1.807, 2.05) is 57.2 Å². The second kappa shape index (κ2) is 6.27. The van der Waals surface area contributed by atoms with E-state index in [2.05, 4.69) is 5.32 Å². The van der Waals surface area contributed by atoms with Crippen molar-refractivity contribution in [2.75, 3.05) is 10.2 Å². The summed E-state index contributed by atoms with van der Waals surface area (Å²) in [6.07, 6.45) is 0.779. The standard InChI is InChI=1S/C22H22N2O3/c1-12-6-5-7-18-14(3)21(27-20(12)18)22(26)23-17-8-9-19-16(11-17)10-13(2)24(19)15(4)25/h5-9,11,13H,10H2,1-4H3,(H,23,26)/t13-/m0/s1. The van der Waals surface area contributed by atoms with Crippen LogP contribution >= 0.6 is 0 Å². The van der Waals surface area contributed by atoms with E-state index in [-0.39, 0.29) is 17.9 Å². The number of para-hydroxylation sites is 1. The Kier molecular flexibility index (Phi) is 4.02. The van der Waals surface area contributed by atoms with E-state index in [1.54, 1.807) is 11.8 Å². The van der Waals surface area contributed by atoms with E-state index >= 15 is 0 Å². The van der Waals surface area contributed by atoms with Crippen molar-refractivity contribution >= 4 is 34.2 Å². The molecule has 1 atom stereocenters. The minimum atomic E-state index is -0.266. The fraction of sp³-hybridized carbons (Fsp3) is 0.273. The Morgan fingerprint density at radius 1 is 1.19 bits per heavy atom. The Hall–Kier alpha value is -3.08. The minimum Gasteiger partial charge on any atom is -0.450 e. The second-order valence-electron chi connectivity index (χ2n) is 7.25. The molecule has 2 aromatic carbocycles. The Bertz CT molecular complexity index is 1080. The van der Waals surface area contributed by atoms with E-state index in [0.717, 1.165) is 39.8 Å². The van der Waals surface area contributed by atoms with Crippen LogP contribution in [0.1, 0.15) is 41.1 Å². The first-order valence-corrected chi connectivity index (χ1v) is 9.09. The van der Waals surface area contributed by atoms with Gasteiger partial charge in [-0.25, -0.2) is 0 Å². The molecular weight excluding hydrogens is 340 g/mol. The molecule has 0 radical (unpaired) electrons. The largest absolute Gasteiger partial charge is 0.450 e. The minimum absolute atomic E-state index is 0.0336. The highest BCUT2D eigenvalue weighted by Crippen LogP contribution is 2.34. The number of furan rings is 1. The lowest BCUT2D eigenvalue weighted by atomic mass is 10.1. The van der Waals surface area contributed by atoms with Gasteiger partial charge in [0.1, 0.15) is 5.58 Å². The van der Waals surface area contributed by atoms with Gasteiger partial charge in [0.2, 0.25) is 5.91 Å². The van der Waals surface area contributed by atoms with Crippen molar-refractivity contribution in [3.8, 4) is 0 Å². The molecule has 1 aliphatic rings. The maximum absolute atomic E-state index is 12.8.